The van der Waals surface area contributed by atoms with Gasteiger partial charge in [0.15, 0.2) is 5.82 Å². The Bertz CT molecular complexity index is 638. The maximum atomic E-state index is 4.77. The van der Waals surface area contributed by atoms with Crippen LogP contribution in [-0.4, -0.2) is 16.5 Å². The molecule has 0 atom stereocenters. The molecule has 0 amide bonds. The molecule has 1 aromatic heterocycles. The molecular weight excluding hydrogens is 326 g/mol. The Morgan fingerprint density at radius 2 is 1.90 bits per heavy atom. The van der Waals surface area contributed by atoms with E-state index >= 15 is 0 Å². The molecule has 21 heavy (non-hydrogen) atoms. The topological polar surface area (TPSA) is 37.8 Å². The van der Waals surface area contributed by atoms with E-state index < -0.39 is 0 Å². The van der Waals surface area contributed by atoms with Gasteiger partial charge in [0.1, 0.15) is 5.82 Å². The summed E-state index contributed by atoms with van der Waals surface area (Å²) < 4.78 is 1.08. The van der Waals surface area contributed by atoms with Crippen molar-refractivity contribution in [1.29, 1.82) is 0 Å². The summed E-state index contributed by atoms with van der Waals surface area (Å²) in [5, 5.41) is 3.44. The van der Waals surface area contributed by atoms with E-state index in [2.05, 4.69) is 61.1 Å². The first-order valence-electron chi connectivity index (χ1n) is 7.44. The lowest BCUT2D eigenvalue weighted by Gasteiger charge is -2.14. The van der Waals surface area contributed by atoms with Gasteiger partial charge in [0.05, 0.1) is 0 Å². The standard InChI is InChI=1S/C17H22BrN3/c1-5-9-19-16-14(6-2)12(4)20-17(21-16)15-8-7-13(18)10-11(15)3/h7-8,10H,5-6,9H2,1-4H3,(H,19,20,21). The Morgan fingerprint density at radius 3 is 2.52 bits per heavy atom. The van der Waals surface area contributed by atoms with Crippen LogP contribution in [0, 0.1) is 13.8 Å². The van der Waals surface area contributed by atoms with Gasteiger partial charge in [-0.1, -0.05) is 29.8 Å². The Hall–Kier alpha value is -1.42. The van der Waals surface area contributed by atoms with Crippen molar-refractivity contribution in [2.45, 2.75) is 40.5 Å². The molecule has 0 aliphatic heterocycles. The Labute approximate surface area is 135 Å². The molecule has 112 valence electrons. The van der Waals surface area contributed by atoms with Crippen LogP contribution in [0.2, 0.25) is 0 Å². The minimum atomic E-state index is 0.799. The number of anilines is 1. The fourth-order valence-corrected chi connectivity index (χ4v) is 2.88. The highest BCUT2D eigenvalue weighted by Gasteiger charge is 2.12. The van der Waals surface area contributed by atoms with Crippen molar-refractivity contribution in [3.05, 3.63) is 39.5 Å². The van der Waals surface area contributed by atoms with E-state index in [1.807, 2.05) is 6.07 Å². The second kappa shape index (κ2) is 7.03. The molecule has 0 aliphatic carbocycles. The molecule has 0 saturated heterocycles. The summed E-state index contributed by atoms with van der Waals surface area (Å²) >= 11 is 3.50. The molecule has 2 aromatic rings. The second-order valence-corrected chi connectivity index (χ2v) is 6.12. The van der Waals surface area contributed by atoms with Crippen LogP contribution in [0.25, 0.3) is 11.4 Å². The molecule has 1 heterocycles. The summed E-state index contributed by atoms with van der Waals surface area (Å²) in [5.41, 5.74) is 4.53. The van der Waals surface area contributed by atoms with Crippen LogP contribution in [0.1, 0.15) is 37.1 Å². The zero-order valence-corrected chi connectivity index (χ0v) is 14.7. The van der Waals surface area contributed by atoms with Gasteiger partial charge >= 0.3 is 0 Å². The lowest BCUT2D eigenvalue weighted by atomic mass is 10.1. The minimum absolute atomic E-state index is 0.799. The number of hydrogen-bond donors (Lipinski definition) is 1. The van der Waals surface area contributed by atoms with Crippen molar-refractivity contribution in [1.82, 2.24) is 9.97 Å². The average molecular weight is 348 g/mol. The van der Waals surface area contributed by atoms with Crippen LogP contribution >= 0.6 is 15.9 Å². The van der Waals surface area contributed by atoms with Crippen LogP contribution < -0.4 is 5.32 Å². The lowest BCUT2D eigenvalue weighted by molar-refractivity contribution is 0.938. The molecule has 1 N–H and O–H groups in total. The number of benzene rings is 1. The molecule has 4 heteroatoms. The quantitative estimate of drug-likeness (QED) is 0.834. The first-order valence-corrected chi connectivity index (χ1v) is 8.24. The number of aryl methyl sites for hydroxylation is 2. The minimum Gasteiger partial charge on any atom is -0.370 e. The van der Waals surface area contributed by atoms with Gasteiger partial charge in [-0.15, -0.1) is 0 Å². The van der Waals surface area contributed by atoms with Crippen LogP contribution in [0.5, 0.6) is 0 Å². The molecule has 1 aromatic carbocycles. The third-order valence-corrected chi connectivity index (χ3v) is 4.03. The Balaban J connectivity index is 2.51. The summed E-state index contributed by atoms with van der Waals surface area (Å²) in [4.78, 5) is 9.47. The Morgan fingerprint density at radius 1 is 1.14 bits per heavy atom. The molecule has 0 spiro atoms. The van der Waals surface area contributed by atoms with Gasteiger partial charge < -0.3 is 5.32 Å². The number of nitrogens with zero attached hydrogens (tertiary/aromatic N) is 2. The highest BCUT2D eigenvalue weighted by atomic mass is 79.9. The van der Waals surface area contributed by atoms with Crippen molar-refractivity contribution in [2.75, 3.05) is 11.9 Å². The van der Waals surface area contributed by atoms with E-state index in [0.717, 1.165) is 46.8 Å². The third-order valence-electron chi connectivity index (χ3n) is 3.54. The molecule has 0 bridgehead atoms. The van der Waals surface area contributed by atoms with Gasteiger partial charge in [-0.25, -0.2) is 9.97 Å². The molecule has 0 radical (unpaired) electrons. The molecule has 0 saturated carbocycles. The van der Waals surface area contributed by atoms with Gasteiger partial charge in [-0.2, -0.15) is 0 Å². The van der Waals surface area contributed by atoms with E-state index in [0.29, 0.717) is 0 Å². The normalized spacial score (nSPS) is 10.7. The highest BCUT2D eigenvalue weighted by molar-refractivity contribution is 9.10. The van der Waals surface area contributed by atoms with Gasteiger partial charge in [0, 0.05) is 27.8 Å². The van der Waals surface area contributed by atoms with Gasteiger partial charge in [-0.3, -0.25) is 0 Å². The fraction of sp³-hybridized carbons (Fsp3) is 0.412. The molecule has 3 nitrogen and oxygen atoms in total. The fourth-order valence-electron chi connectivity index (χ4n) is 2.41. The van der Waals surface area contributed by atoms with Crippen LogP contribution in [0.4, 0.5) is 5.82 Å². The summed E-state index contributed by atoms with van der Waals surface area (Å²) in [5.74, 6) is 1.78. The van der Waals surface area contributed by atoms with Gasteiger partial charge in [-0.05, 0) is 50.5 Å². The van der Waals surface area contributed by atoms with E-state index in [1.165, 1.54) is 11.1 Å². The summed E-state index contributed by atoms with van der Waals surface area (Å²) in [6.45, 7) is 9.39. The molecule has 0 aliphatic rings. The zero-order chi connectivity index (χ0) is 15.4. The average Bonchev–Trinajstić information content (AvgIpc) is 2.44. The van der Waals surface area contributed by atoms with Crippen molar-refractivity contribution in [3.8, 4) is 11.4 Å². The molecule has 0 unspecified atom stereocenters. The number of halogens is 1. The van der Waals surface area contributed by atoms with Crippen molar-refractivity contribution in [3.63, 3.8) is 0 Å². The number of aromatic nitrogens is 2. The van der Waals surface area contributed by atoms with E-state index in [-0.39, 0.29) is 0 Å². The smallest absolute Gasteiger partial charge is 0.162 e. The van der Waals surface area contributed by atoms with Crippen molar-refractivity contribution in [2.24, 2.45) is 0 Å². The van der Waals surface area contributed by atoms with E-state index in [4.69, 9.17) is 9.97 Å². The van der Waals surface area contributed by atoms with E-state index in [1.54, 1.807) is 0 Å². The molecule has 0 fully saturated rings. The molecule has 2 rings (SSSR count). The SMILES string of the molecule is CCCNc1nc(-c2ccc(Br)cc2C)nc(C)c1CC. The predicted octanol–water partition coefficient (Wildman–Crippen LogP) is 4.91. The number of nitrogens with one attached hydrogen (secondary N) is 1. The predicted molar refractivity (Wildman–Crippen MR) is 92.8 cm³/mol. The van der Waals surface area contributed by atoms with Gasteiger partial charge in [0.2, 0.25) is 0 Å². The van der Waals surface area contributed by atoms with Crippen LogP contribution in [-0.2, 0) is 6.42 Å². The maximum absolute atomic E-state index is 4.77. The van der Waals surface area contributed by atoms with Crippen LogP contribution in [0.3, 0.4) is 0 Å². The van der Waals surface area contributed by atoms with E-state index in [9.17, 15) is 0 Å². The zero-order valence-electron chi connectivity index (χ0n) is 13.1. The number of rotatable bonds is 5. The summed E-state index contributed by atoms with van der Waals surface area (Å²) in [6, 6.07) is 6.21. The van der Waals surface area contributed by atoms with Gasteiger partial charge in [0.25, 0.3) is 0 Å². The van der Waals surface area contributed by atoms with Crippen LogP contribution in [0.15, 0.2) is 22.7 Å². The summed E-state index contributed by atoms with van der Waals surface area (Å²) in [6.07, 6.45) is 2.02. The first-order chi connectivity index (χ1) is 10.1. The largest absolute Gasteiger partial charge is 0.370 e. The van der Waals surface area contributed by atoms with Crippen molar-refractivity contribution < 1.29 is 0 Å². The lowest BCUT2D eigenvalue weighted by Crippen LogP contribution is -2.09. The molecular formula is C17H22BrN3. The Kier molecular flexibility index (Phi) is 5.34. The monoisotopic (exact) mass is 347 g/mol. The number of hydrogen-bond acceptors (Lipinski definition) is 3. The first kappa shape index (κ1) is 16.0. The second-order valence-electron chi connectivity index (χ2n) is 5.20. The van der Waals surface area contributed by atoms with Crippen molar-refractivity contribution >= 4 is 21.7 Å². The third kappa shape index (κ3) is 3.62. The summed E-state index contributed by atoms with van der Waals surface area (Å²) in [7, 11) is 0. The maximum Gasteiger partial charge on any atom is 0.162 e. The highest BCUT2D eigenvalue weighted by Crippen LogP contribution is 2.27.